The number of aromatic nitrogens is 2. The summed E-state index contributed by atoms with van der Waals surface area (Å²) in [6.45, 7) is 5.04. The highest BCUT2D eigenvalue weighted by Crippen LogP contribution is 2.41. The molecule has 7 nitrogen and oxygen atoms in total. The average molecular weight is 384 g/mol. The minimum absolute atomic E-state index is 0.0968. The summed E-state index contributed by atoms with van der Waals surface area (Å²) in [5.41, 5.74) is 1.59. The largest absolute Gasteiger partial charge is 0.385 e. The molecule has 150 valence electrons. The molecule has 1 amide bonds. The smallest absolute Gasteiger partial charge is 0.230 e. The van der Waals surface area contributed by atoms with Crippen LogP contribution in [0.2, 0.25) is 0 Å². The number of para-hydroxylation sites is 1. The number of nitrogens with one attached hydrogen (secondary N) is 1. The minimum atomic E-state index is -0.437. The van der Waals surface area contributed by atoms with E-state index < -0.39 is 5.41 Å². The minimum Gasteiger partial charge on any atom is -0.385 e. The Morgan fingerprint density at radius 2 is 2.29 bits per heavy atom. The molecule has 0 bridgehead atoms. The van der Waals surface area contributed by atoms with Crippen molar-refractivity contribution in [1.29, 1.82) is 0 Å². The van der Waals surface area contributed by atoms with Gasteiger partial charge in [0.1, 0.15) is 0 Å². The van der Waals surface area contributed by atoms with E-state index in [0.717, 1.165) is 43.9 Å². The van der Waals surface area contributed by atoms with E-state index in [1.54, 1.807) is 13.3 Å². The number of benzene rings is 1. The van der Waals surface area contributed by atoms with Gasteiger partial charge in [0.25, 0.3) is 0 Å². The molecule has 0 spiro atoms. The first-order valence-electron chi connectivity index (χ1n) is 9.88. The monoisotopic (exact) mass is 384 g/mol. The quantitative estimate of drug-likeness (QED) is 0.698. The third-order valence-corrected chi connectivity index (χ3v) is 5.90. The number of hydrogen-bond acceptors (Lipinski definition) is 5. The highest BCUT2D eigenvalue weighted by molar-refractivity contribution is 5.84. The van der Waals surface area contributed by atoms with Crippen LogP contribution in [0.25, 0.3) is 5.69 Å². The van der Waals surface area contributed by atoms with Gasteiger partial charge in [-0.15, -0.1) is 0 Å². The van der Waals surface area contributed by atoms with Gasteiger partial charge in [0.15, 0.2) is 0 Å². The predicted octanol–water partition coefficient (Wildman–Crippen LogP) is 1.47. The van der Waals surface area contributed by atoms with Gasteiger partial charge in [0, 0.05) is 58.2 Å². The molecular weight excluding hydrogens is 356 g/mol. The van der Waals surface area contributed by atoms with Gasteiger partial charge >= 0.3 is 0 Å². The maximum atomic E-state index is 13.2. The Labute approximate surface area is 165 Å². The van der Waals surface area contributed by atoms with Crippen molar-refractivity contribution in [3.05, 3.63) is 48.3 Å². The number of ether oxygens (including phenoxy) is 2. The van der Waals surface area contributed by atoms with Gasteiger partial charge in [-0.1, -0.05) is 18.2 Å². The summed E-state index contributed by atoms with van der Waals surface area (Å²) in [5.74, 6) is 0.357. The third-order valence-electron chi connectivity index (χ3n) is 5.90. The predicted molar refractivity (Wildman–Crippen MR) is 105 cm³/mol. The zero-order valence-electron chi connectivity index (χ0n) is 16.3. The van der Waals surface area contributed by atoms with Crippen molar-refractivity contribution < 1.29 is 14.3 Å². The van der Waals surface area contributed by atoms with Gasteiger partial charge in [0.2, 0.25) is 5.91 Å². The topological polar surface area (TPSA) is 68.6 Å². The molecular formula is C21H28N4O3. The Morgan fingerprint density at radius 3 is 3.11 bits per heavy atom. The van der Waals surface area contributed by atoms with Crippen molar-refractivity contribution in [2.24, 2.45) is 11.3 Å². The molecule has 28 heavy (non-hydrogen) atoms. The molecule has 2 aliphatic heterocycles. The lowest BCUT2D eigenvalue weighted by atomic mass is 9.80. The molecule has 2 fully saturated rings. The van der Waals surface area contributed by atoms with E-state index in [-0.39, 0.29) is 11.8 Å². The molecule has 1 aromatic carbocycles. The number of rotatable bonds is 8. The number of hydrogen-bond donors (Lipinski definition) is 1. The molecule has 7 heteroatoms. The second-order valence-electron chi connectivity index (χ2n) is 7.71. The first-order valence-corrected chi connectivity index (χ1v) is 9.88. The van der Waals surface area contributed by atoms with Crippen LogP contribution in [0.3, 0.4) is 0 Å². The summed E-state index contributed by atoms with van der Waals surface area (Å²) < 4.78 is 12.7. The second-order valence-corrected chi connectivity index (χ2v) is 7.71. The first-order chi connectivity index (χ1) is 13.7. The van der Waals surface area contributed by atoms with Gasteiger partial charge in [-0.05, 0) is 24.1 Å². The summed E-state index contributed by atoms with van der Waals surface area (Å²) >= 11 is 0. The van der Waals surface area contributed by atoms with Crippen LogP contribution in [0.1, 0.15) is 12.0 Å². The molecule has 1 N–H and O–H groups in total. The molecule has 0 aliphatic carbocycles. The number of amides is 1. The Bertz CT molecular complexity index is 795. The van der Waals surface area contributed by atoms with Gasteiger partial charge < -0.3 is 19.7 Å². The van der Waals surface area contributed by atoms with Crippen LogP contribution in [0.4, 0.5) is 0 Å². The number of fused-ring (bicyclic) bond motifs is 1. The van der Waals surface area contributed by atoms with E-state index in [4.69, 9.17) is 9.47 Å². The van der Waals surface area contributed by atoms with Crippen molar-refractivity contribution in [3.8, 4) is 5.69 Å². The van der Waals surface area contributed by atoms with Crippen molar-refractivity contribution in [1.82, 2.24) is 20.0 Å². The third kappa shape index (κ3) is 3.70. The van der Waals surface area contributed by atoms with Gasteiger partial charge in [-0.2, -0.15) is 5.10 Å². The van der Waals surface area contributed by atoms with Crippen LogP contribution in [-0.4, -0.2) is 67.2 Å². The fraction of sp³-hybridized carbons (Fsp3) is 0.524. The number of carbonyl (C=O) groups is 1. The fourth-order valence-corrected chi connectivity index (χ4v) is 4.41. The number of carbonyl (C=O) groups excluding carboxylic acids is 1. The molecule has 3 heterocycles. The van der Waals surface area contributed by atoms with Crippen molar-refractivity contribution in [3.63, 3.8) is 0 Å². The molecule has 2 aromatic rings. The molecule has 4 rings (SSSR count). The molecule has 1 unspecified atom stereocenters. The molecule has 2 atom stereocenters. The SMILES string of the molecule is COCCCN1CC2COC[C@]2(C(=O)NCc2ccccc2-n2cccn2)C1. The van der Waals surface area contributed by atoms with E-state index in [1.165, 1.54) is 0 Å². The van der Waals surface area contributed by atoms with E-state index in [1.807, 2.05) is 41.2 Å². The Hall–Kier alpha value is -2.22. The van der Waals surface area contributed by atoms with Crippen LogP contribution in [0.15, 0.2) is 42.7 Å². The molecule has 2 saturated heterocycles. The second kappa shape index (κ2) is 8.43. The average Bonchev–Trinajstić information content (AvgIpc) is 3.43. The Balaban J connectivity index is 1.42. The highest BCUT2D eigenvalue weighted by atomic mass is 16.5. The summed E-state index contributed by atoms with van der Waals surface area (Å²) in [4.78, 5) is 15.6. The zero-order chi connectivity index (χ0) is 19.4. The summed E-state index contributed by atoms with van der Waals surface area (Å²) in [6, 6.07) is 9.91. The van der Waals surface area contributed by atoms with Crippen LogP contribution < -0.4 is 5.32 Å². The van der Waals surface area contributed by atoms with Crippen LogP contribution in [0, 0.1) is 11.3 Å². The van der Waals surface area contributed by atoms with Gasteiger partial charge in [-0.3, -0.25) is 4.79 Å². The standard InChI is InChI=1S/C21H28N4O3/c1-27-11-5-9-24-13-18-14-28-16-21(18,15-24)20(26)22-12-17-6-2-3-7-19(17)25-10-4-8-23-25/h2-4,6-8,10,18H,5,9,11-16H2,1H3,(H,22,26)/t18?,21-/m1/s1. The van der Waals surface area contributed by atoms with Crippen LogP contribution >= 0.6 is 0 Å². The van der Waals surface area contributed by atoms with Gasteiger partial charge in [-0.25, -0.2) is 4.68 Å². The Kier molecular flexibility index (Phi) is 5.75. The Morgan fingerprint density at radius 1 is 1.39 bits per heavy atom. The van der Waals surface area contributed by atoms with Crippen LogP contribution in [-0.2, 0) is 20.8 Å². The highest BCUT2D eigenvalue weighted by Gasteiger charge is 2.55. The maximum Gasteiger partial charge on any atom is 0.230 e. The summed E-state index contributed by atoms with van der Waals surface area (Å²) in [6.07, 6.45) is 4.65. The molecule has 0 saturated carbocycles. The number of nitrogens with zero attached hydrogens (tertiary/aromatic N) is 3. The van der Waals surface area contributed by atoms with Crippen molar-refractivity contribution >= 4 is 5.91 Å². The van der Waals surface area contributed by atoms with Crippen LogP contribution in [0.5, 0.6) is 0 Å². The van der Waals surface area contributed by atoms with E-state index in [0.29, 0.717) is 19.8 Å². The van der Waals surface area contributed by atoms with E-state index in [2.05, 4.69) is 15.3 Å². The molecule has 2 aliphatic rings. The lowest BCUT2D eigenvalue weighted by molar-refractivity contribution is -0.131. The summed E-state index contributed by atoms with van der Waals surface area (Å²) in [5, 5.41) is 7.50. The van der Waals surface area contributed by atoms with E-state index in [9.17, 15) is 4.79 Å². The van der Waals surface area contributed by atoms with Crippen molar-refractivity contribution in [2.75, 3.05) is 46.6 Å². The first kappa shape index (κ1) is 19.1. The maximum absolute atomic E-state index is 13.2. The number of likely N-dealkylation sites (tertiary alicyclic amines) is 1. The zero-order valence-corrected chi connectivity index (χ0v) is 16.3. The van der Waals surface area contributed by atoms with Gasteiger partial charge in [0.05, 0.1) is 24.3 Å². The molecule has 0 radical (unpaired) electrons. The van der Waals surface area contributed by atoms with E-state index >= 15 is 0 Å². The normalized spacial score (nSPS) is 24.4. The molecule has 1 aromatic heterocycles. The lowest BCUT2D eigenvalue weighted by Gasteiger charge is -2.26. The summed E-state index contributed by atoms with van der Waals surface area (Å²) in [7, 11) is 1.72. The van der Waals surface area contributed by atoms with Crippen molar-refractivity contribution in [2.45, 2.75) is 13.0 Å². The number of methoxy groups -OCH3 is 1. The fourth-order valence-electron chi connectivity index (χ4n) is 4.41. The lowest BCUT2D eigenvalue weighted by Crippen LogP contribution is -2.46.